The fourth-order valence-corrected chi connectivity index (χ4v) is 2.12. The highest BCUT2D eigenvalue weighted by atomic mass is 79.9. The van der Waals surface area contributed by atoms with E-state index < -0.39 is 5.92 Å². The van der Waals surface area contributed by atoms with Crippen LogP contribution in [0.3, 0.4) is 0 Å². The Balaban J connectivity index is 3.13. The highest BCUT2D eigenvalue weighted by Crippen LogP contribution is 2.30. The average molecular weight is 303 g/mol. The van der Waals surface area contributed by atoms with Gasteiger partial charge in [0.05, 0.1) is 12.5 Å². The van der Waals surface area contributed by atoms with Crippen molar-refractivity contribution in [3.63, 3.8) is 0 Å². The number of hydrogen-bond donors (Lipinski definition) is 0. The van der Waals surface area contributed by atoms with E-state index in [0.29, 0.717) is 12.2 Å². The zero-order valence-corrected chi connectivity index (χ0v) is 11.8. The molecule has 1 unspecified atom stereocenters. The Kier molecular flexibility index (Phi) is 5.12. The molecule has 0 N–H and O–H groups in total. The van der Waals surface area contributed by atoms with Crippen LogP contribution in [0.15, 0.2) is 22.7 Å². The summed E-state index contributed by atoms with van der Waals surface area (Å²) >= 11 is 3.28. The highest BCUT2D eigenvalue weighted by molar-refractivity contribution is 9.10. The molecule has 0 aliphatic carbocycles. The first-order chi connectivity index (χ1) is 7.97. The summed E-state index contributed by atoms with van der Waals surface area (Å²) in [5.74, 6) is -1.33. The number of esters is 1. The van der Waals surface area contributed by atoms with Crippen LogP contribution in [-0.2, 0) is 9.53 Å². The summed E-state index contributed by atoms with van der Waals surface area (Å²) in [6.45, 7) is 5.80. The third-order valence-corrected chi connectivity index (χ3v) is 2.99. The normalized spacial score (nSPS) is 12.6. The molecular weight excluding hydrogens is 287 g/mol. The molecule has 1 aromatic carbocycles. The van der Waals surface area contributed by atoms with E-state index in [2.05, 4.69) is 15.9 Å². The van der Waals surface area contributed by atoms with E-state index in [1.54, 1.807) is 19.1 Å². The average Bonchev–Trinajstić information content (AvgIpc) is 2.23. The summed E-state index contributed by atoms with van der Waals surface area (Å²) in [5, 5.41) is 0. The predicted octanol–water partition coefficient (Wildman–Crippen LogP) is 3.89. The van der Waals surface area contributed by atoms with Crippen molar-refractivity contribution in [2.24, 2.45) is 5.92 Å². The van der Waals surface area contributed by atoms with Crippen LogP contribution in [-0.4, -0.2) is 12.6 Å². The van der Waals surface area contributed by atoms with Gasteiger partial charge < -0.3 is 4.74 Å². The van der Waals surface area contributed by atoms with E-state index >= 15 is 0 Å². The van der Waals surface area contributed by atoms with E-state index in [1.807, 2.05) is 13.8 Å². The second kappa shape index (κ2) is 6.15. The topological polar surface area (TPSA) is 26.3 Å². The van der Waals surface area contributed by atoms with Crippen molar-refractivity contribution in [3.8, 4) is 0 Å². The molecule has 17 heavy (non-hydrogen) atoms. The van der Waals surface area contributed by atoms with Gasteiger partial charge in [0, 0.05) is 10.0 Å². The van der Waals surface area contributed by atoms with Gasteiger partial charge >= 0.3 is 5.97 Å². The number of carbonyl (C=O) groups is 1. The minimum atomic E-state index is -0.563. The van der Waals surface area contributed by atoms with Gasteiger partial charge in [-0.1, -0.05) is 29.8 Å². The van der Waals surface area contributed by atoms with E-state index in [-0.39, 0.29) is 17.7 Å². The number of hydrogen-bond acceptors (Lipinski definition) is 2. The van der Waals surface area contributed by atoms with Gasteiger partial charge in [-0.05, 0) is 31.0 Å². The lowest BCUT2D eigenvalue weighted by molar-refractivity contribution is -0.146. The van der Waals surface area contributed by atoms with Crippen LogP contribution in [0.5, 0.6) is 0 Å². The molecule has 1 rings (SSSR count). The summed E-state index contributed by atoms with van der Waals surface area (Å²) in [7, 11) is 0. The zero-order valence-electron chi connectivity index (χ0n) is 10.2. The van der Waals surface area contributed by atoms with Crippen LogP contribution in [0.2, 0.25) is 0 Å². The molecule has 0 bridgehead atoms. The maximum Gasteiger partial charge on any atom is 0.313 e. The molecule has 0 radical (unpaired) electrons. The maximum atomic E-state index is 13.8. The fourth-order valence-electron chi connectivity index (χ4n) is 1.74. The van der Waals surface area contributed by atoms with Gasteiger partial charge in [-0.15, -0.1) is 0 Å². The van der Waals surface area contributed by atoms with Crippen molar-refractivity contribution < 1.29 is 13.9 Å². The van der Waals surface area contributed by atoms with Gasteiger partial charge in [-0.25, -0.2) is 4.39 Å². The quantitative estimate of drug-likeness (QED) is 0.789. The molecule has 0 fully saturated rings. The number of rotatable bonds is 4. The van der Waals surface area contributed by atoms with Gasteiger partial charge in [0.25, 0.3) is 0 Å². The standard InChI is InChI=1S/C13H16BrFO2/c1-4-17-13(16)12(8(2)3)10-7-9(14)5-6-11(10)15/h5-8,12H,4H2,1-3H3. The molecule has 0 aliphatic heterocycles. The van der Waals surface area contributed by atoms with Crippen LogP contribution in [0, 0.1) is 11.7 Å². The summed E-state index contributed by atoms with van der Waals surface area (Å²) < 4.78 is 19.5. The van der Waals surface area contributed by atoms with Crippen molar-refractivity contribution in [2.75, 3.05) is 6.61 Å². The first kappa shape index (κ1) is 14.2. The van der Waals surface area contributed by atoms with E-state index in [1.165, 1.54) is 6.07 Å². The van der Waals surface area contributed by atoms with Crippen molar-refractivity contribution in [1.29, 1.82) is 0 Å². The monoisotopic (exact) mass is 302 g/mol. The molecule has 0 spiro atoms. The smallest absolute Gasteiger partial charge is 0.313 e. The minimum absolute atomic E-state index is 0.0159. The highest BCUT2D eigenvalue weighted by Gasteiger charge is 2.28. The van der Waals surface area contributed by atoms with Crippen LogP contribution in [0.25, 0.3) is 0 Å². The fraction of sp³-hybridized carbons (Fsp3) is 0.462. The molecule has 4 heteroatoms. The molecule has 1 atom stereocenters. The Morgan fingerprint density at radius 1 is 1.47 bits per heavy atom. The summed E-state index contributed by atoms with van der Waals surface area (Å²) in [5.41, 5.74) is 0.382. The van der Waals surface area contributed by atoms with Crippen molar-refractivity contribution >= 4 is 21.9 Å². The van der Waals surface area contributed by atoms with Gasteiger partial charge in [-0.2, -0.15) is 0 Å². The Hall–Kier alpha value is -0.900. The van der Waals surface area contributed by atoms with Crippen molar-refractivity contribution in [1.82, 2.24) is 0 Å². The molecule has 0 saturated carbocycles. The zero-order chi connectivity index (χ0) is 13.0. The lowest BCUT2D eigenvalue weighted by atomic mass is 9.88. The summed E-state index contributed by atoms with van der Waals surface area (Å²) in [4.78, 5) is 11.8. The molecule has 2 nitrogen and oxygen atoms in total. The van der Waals surface area contributed by atoms with Crippen molar-refractivity contribution in [2.45, 2.75) is 26.7 Å². The van der Waals surface area contributed by atoms with Gasteiger partial charge in [-0.3, -0.25) is 4.79 Å². The number of carbonyl (C=O) groups excluding carboxylic acids is 1. The second-order valence-electron chi connectivity index (χ2n) is 4.14. The molecule has 1 aromatic rings. The Morgan fingerprint density at radius 2 is 2.12 bits per heavy atom. The number of benzene rings is 1. The Bertz CT molecular complexity index is 404. The molecule has 0 aromatic heterocycles. The number of ether oxygens (including phenoxy) is 1. The van der Waals surface area contributed by atoms with Gasteiger partial charge in [0.1, 0.15) is 5.82 Å². The molecule has 0 aliphatic rings. The van der Waals surface area contributed by atoms with Crippen molar-refractivity contribution in [3.05, 3.63) is 34.1 Å². The third-order valence-electron chi connectivity index (χ3n) is 2.50. The van der Waals surface area contributed by atoms with Crippen LogP contribution >= 0.6 is 15.9 Å². The largest absolute Gasteiger partial charge is 0.466 e. The molecular formula is C13H16BrFO2. The molecule has 0 heterocycles. The van der Waals surface area contributed by atoms with E-state index in [4.69, 9.17) is 4.74 Å². The first-order valence-corrected chi connectivity index (χ1v) is 6.38. The van der Waals surface area contributed by atoms with Crippen LogP contribution in [0.1, 0.15) is 32.3 Å². The summed E-state index contributed by atoms with van der Waals surface area (Å²) in [6.07, 6.45) is 0. The van der Waals surface area contributed by atoms with Gasteiger partial charge in [0.2, 0.25) is 0 Å². The lowest BCUT2D eigenvalue weighted by Crippen LogP contribution is -2.22. The Labute approximate surface area is 109 Å². The number of halogens is 2. The van der Waals surface area contributed by atoms with E-state index in [9.17, 15) is 9.18 Å². The molecule has 94 valence electrons. The van der Waals surface area contributed by atoms with E-state index in [0.717, 1.165) is 4.47 Å². The second-order valence-corrected chi connectivity index (χ2v) is 5.06. The molecule has 0 saturated heterocycles. The molecule has 0 amide bonds. The maximum absolute atomic E-state index is 13.8. The lowest BCUT2D eigenvalue weighted by Gasteiger charge is -2.20. The Morgan fingerprint density at radius 3 is 2.65 bits per heavy atom. The third kappa shape index (κ3) is 3.53. The summed E-state index contributed by atoms with van der Waals surface area (Å²) in [6, 6.07) is 4.60. The predicted molar refractivity (Wildman–Crippen MR) is 68.3 cm³/mol. The SMILES string of the molecule is CCOC(=O)C(c1cc(Br)ccc1F)C(C)C. The first-order valence-electron chi connectivity index (χ1n) is 5.59. The van der Waals surface area contributed by atoms with Gasteiger partial charge in [0.15, 0.2) is 0 Å². The van der Waals surface area contributed by atoms with Crippen LogP contribution < -0.4 is 0 Å². The van der Waals surface area contributed by atoms with Crippen LogP contribution in [0.4, 0.5) is 4.39 Å². The minimum Gasteiger partial charge on any atom is -0.466 e.